The summed E-state index contributed by atoms with van der Waals surface area (Å²) >= 11 is 0. The van der Waals surface area contributed by atoms with E-state index in [0.29, 0.717) is 0 Å². The van der Waals surface area contributed by atoms with Crippen molar-refractivity contribution >= 4 is 11.7 Å². The van der Waals surface area contributed by atoms with Crippen molar-refractivity contribution in [3.63, 3.8) is 0 Å². The second-order valence-electron chi connectivity index (χ2n) is 2.04. The van der Waals surface area contributed by atoms with Crippen molar-refractivity contribution in [1.82, 2.24) is 0 Å². The summed E-state index contributed by atoms with van der Waals surface area (Å²) in [6.07, 6.45) is -4.51. The second-order valence-corrected chi connectivity index (χ2v) is 2.04. The molecule has 0 aromatic heterocycles. The number of rotatable bonds is 2. The van der Waals surface area contributed by atoms with E-state index >= 15 is 0 Å². The SMILES string of the molecule is C/C(=C\C(=N)C(F)(F)F)C(=O)O. The molecule has 2 N–H and O–H groups in total. The quantitative estimate of drug-likeness (QED) is 0.502. The lowest BCUT2D eigenvalue weighted by Gasteiger charge is -2.03. The third kappa shape index (κ3) is 3.18. The number of carboxylic acid groups (broad SMARTS) is 1. The lowest BCUT2D eigenvalue weighted by molar-refractivity contribution is -0.132. The van der Waals surface area contributed by atoms with Gasteiger partial charge in [-0.3, -0.25) is 5.41 Å². The summed E-state index contributed by atoms with van der Waals surface area (Å²) < 4.78 is 34.8. The summed E-state index contributed by atoms with van der Waals surface area (Å²) in [4.78, 5) is 10.0. The first-order valence-electron chi connectivity index (χ1n) is 2.82. The van der Waals surface area contributed by atoms with Gasteiger partial charge in [-0.2, -0.15) is 13.2 Å². The molecule has 0 amide bonds. The van der Waals surface area contributed by atoms with Gasteiger partial charge in [-0.25, -0.2) is 4.79 Å². The highest BCUT2D eigenvalue weighted by Gasteiger charge is 2.32. The number of alkyl halides is 3. The molecule has 6 heteroatoms. The van der Waals surface area contributed by atoms with Crippen LogP contribution < -0.4 is 0 Å². The van der Waals surface area contributed by atoms with E-state index in [9.17, 15) is 18.0 Å². The van der Waals surface area contributed by atoms with Crippen LogP contribution in [0.1, 0.15) is 6.92 Å². The molecule has 0 fully saturated rings. The van der Waals surface area contributed by atoms with Gasteiger partial charge in [0.1, 0.15) is 5.71 Å². The largest absolute Gasteiger partial charge is 0.478 e. The molecule has 0 aromatic carbocycles. The first-order valence-corrected chi connectivity index (χ1v) is 2.82. The third-order valence-corrected chi connectivity index (χ3v) is 1.00. The monoisotopic (exact) mass is 181 g/mol. The zero-order chi connectivity index (χ0) is 9.94. The van der Waals surface area contributed by atoms with Crippen LogP contribution in [0.3, 0.4) is 0 Å². The highest BCUT2D eigenvalue weighted by atomic mass is 19.4. The molecule has 0 spiro atoms. The Balaban J connectivity index is 4.57. The van der Waals surface area contributed by atoms with E-state index in [1.807, 2.05) is 0 Å². The highest BCUT2D eigenvalue weighted by Crippen LogP contribution is 2.17. The van der Waals surface area contributed by atoms with E-state index in [2.05, 4.69) is 0 Å². The van der Waals surface area contributed by atoms with E-state index in [-0.39, 0.29) is 6.08 Å². The summed E-state index contributed by atoms with van der Waals surface area (Å²) in [5.41, 5.74) is -2.18. The summed E-state index contributed by atoms with van der Waals surface area (Å²) in [6.45, 7) is 0.989. The van der Waals surface area contributed by atoms with Crippen LogP contribution in [0.25, 0.3) is 0 Å². The number of hydrogen-bond donors (Lipinski definition) is 2. The minimum absolute atomic E-state index is 0.266. The van der Waals surface area contributed by atoms with Crippen LogP contribution in [0.2, 0.25) is 0 Å². The number of allylic oxidation sites excluding steroid dienone is 1. The van der Waals surface area contributed by atoms with Crippen molar-refractivity contribution < 1.29 is 23.1 Å². The van der Waals surface area contributed by atoms with E-state index in [1.165, 1.54) is 0 Å². The predicted molar refractivity (Wildman–Crippen MR) is 35.2 cm³/mol. The van der Waals surface area contributed by atoms with Crippen LogP contribution in [-0.4, -0.2) is 23.0 Å². The van der Waals surface area contributed by atoms with Gasteiger partial charge in [0, 0.05) is 5.57 Å². The standard InChI is InChI=1S/C6H6F3NO2/c1-3(5(11)12)2-4(10)6(7,8)9/h2,10H,1H3,(H,11,12)/b3-2+,10-4?. The minimum atomic E-state index is -4.78. The molecule has 0 unspecified atom stereocenters. The van der Waals surface area contributed by atoms with Gasteiger partial charge in [-0.15, -0.1) is 0 Å². The Morgan fingerprint density at radius 2 is 1.92 bits per heavy atom. The average Bonchev–Trinajstić information content (AvgIpc) is 1.85. The van der Waals surface area contributed by atoms with Crippen LogP contribution in [-0.2, 0) is 4.79 Å². The van der Waals surface area contributed by atoms with Crippen molar-refractivity contribution in [3.8, 4) is 0 Å². The molecule has 0 heterocycles. The normalized spacial score (nSPS) is 12.8. The summed E-state index contributed by atoms with van der Waals surface area (Å²) in [5, 5.41) is 14.6. The summed E-state index contributed by atoms with van der Waals surface area (Å²) in [7, 11) is 0. The topological polar surface area (TPSA) is 61.2 Å². The molecule has 0 aromatic rings. The smallest absolute Gasteiger partial charge is 0.432 e. The van der Waals surface area contributed by atoms with Crippen LogP contribution in [0.15, 0.2) is 11.6 Å². The molecule has 0 atom stereocenters. The van der Waals surface area contributed by atoms with E-state index in [0.717, 1.165) is 6.92 Å². The summed E-state index contributed by atoms with van der Waals surface area (Å²) in [5.74, 6) is -1.47. The predicted octanol–water partition coefficient (Wildman–Crippen LogP) is 1.60. The Morgan fingerprint density at radius 3 is 2.17 bits per heavy atom. The first-order chi connectivity index (χ1) is 5.25. The average molecular weight is 181 g/mol. The molecule has 3 nitrogen and oxygen atoms in total. The molecule has 0 rings (SSSR count). The number of halogens is 3. The molecular formula is C6H6F3NO2. The lowest BCUT2D eigenvalue weighted by Crippen LogP contribution is -2.20. The van der Waals surface area contributed by atoms with Gasteiger partial charge in [-0.1, -0.05) is 0 Å². The van der Waals surface area contributed by atoms with Crippen molar-refractivity contribution in [1.29, 1.82) is 5.41 Å². The highest BCUT2D eigenvalue weighted by molar-refractivity contribution is 6.02. The van der Waals surface area contributed by atoms with Gasteiger partial charge in [0.25, 0.3) is 0 Å². The van der Waals surface area contributed by atoms with Gasteiger partial charge in [-0.05, 0) is 13.0 Å². The van der Waals surface area contributed by atoms with E-state index in [4.69, 9.17) is 10.5 Å². The van der Waals surface area contributed by atoms with Crippen LogP contribution >= 0.6 is 0 Å². The zero-order valence-corrected chi connectivity index (χ0v) is 6.07. The van der Waals surface area contributed by atoms with Crippen molar-refractivity contribution in [2.24, 2.45) is 0 Å². The maximum atomic E-state index is 11.6. The van der Waals surface area contributed by atoms with Crippen molar-refractivity contribution in [3.05, 3.63) is 11.6 Å². The van der Waals surface area contributed by atoms with Gasteiger partial charge >= 0.3 is 12.1 Å². The Bertz CT molecular complexity index is 242. The Hall–Kier alpha value is -1.33. The van der Waals surface area contributed by atoms with Crippen LogP contribution in [0.4, 0.5) is 13.2 Å². The fourth-order valence-electron chi connectivity index (χ4n) is 0.360. The molecule has 0 aliphatic heterocycles. The maximum Gasteiger partial charge on any atom is 0.432 e. The van der Waals surface area contributed by atoms with Crippen molar-refractivity contribution in [2.45, 2.75) is 13.1 Å². The number of hydrogen-bond acceptors (Lipinski definition) is 2. The van der Waals surface area contributed by atoms with Crippen molar-refractivity contribution in [2.75, 3.05) is 0 Å². The number of aliphatic carboxylic acids is 1. The van der Waals surface area contributed by atoms with Gasteiger partial charge in [0.15, 0.2) is 0 Å². The number of carbonyl (C=O) groups is 1. The molecule has 0 saturated carbocycles. The first kappa shape index (κ1) is 10.7. The number of nitrogens with one attached hydrogen (secondary N) is 1. The summed E-state index contributed by atoms with van der Waals surface area (Å²) in [6, 6.07) is 0. The Morgan fingerprint density at radius 1 is 1.50 bits per heavy atom. The Labute approximate surface area is 66.0 Å². The second kappa shape index (κ2) is 3.38. The molecule has 0 saturated heterocycles. The van der Waals surface area contributed by atoms with Crippen LogP contribution in [0, 0.1) is 5.41 Å². The van der Waals surface area contributed by atoms with Crippen LogP contribution in [0.5, 0.6) is 0 Å². The van der Waals surface area contributed by atoms with Gasteiger partial charge < -0.3 is 5.11 Å². The molecule has 12 heavy (non-hydrogen) atoms. The van der Waals surface area contributed by atoms with E-state index in [1.54, 1.807) is 0 Å². The van der Waals surface area contributed by atoms with Gasteiger partial charge in [0.05, 0.1) is 0 Å². The minimum Gasteiger partial charge on any atom is -0.478 e. The molecule has 68 valence electrons. The molecule has 0 aliphatic carbocycles. The molecule has 0 radical (unpaired) electrons. The van der Waals surface area contributed by atoms with Gasteiger partial charge in [0.2, 0.25) is 0 Å². The third-order valence-electron chi connectivity index (χ3n) is 1.00. The number of carboxylic acids is 1. The molecule has 0 bridgehead atoms. The lowest BCUT2D eigenvalue weighted by atomic mass is 10.2. The molecule has 0 aliphatic rings. The Kier molecular flexibility index (Phi) is 3.00. The molecular weight excluding hydrogens is 175 g/mol. The zero-order valence-electron chi connectivity index (χ0n) is 6.07. The van der Waals surface area contributed by atoms with E-state index < -0.39 is 23.4 Å². The fraction of sp³-hybridized carbons (Fsp3) is 0.333. The fourth-order valence-corrected chi connectivity index (χ4v) is 0.360. The maximum absolute atomic E-state index is 11.6.